The van der Waals surface area contributed by atoms with Gasteiger partial charge in [0.15, 0.2) is 0 Å². The molecule has 0 aromatic heterocycles. The van der Waals surface area contributed by atoms with E-state index in [-0.39, 0.29) is 13.2 Å². The van der Waals surface area contributed by atoms with Gasteiger partial charge in [-0.15, -0.1) is 0 Å². The van der Waals surface area contributed by atoms with E-state index in [9.17, 15) is 4.79 Å². The zero-order valence-electron chi connectivity index (χ0n) is 9.43. The highest BCUT2D eigenvalue weighted by atomic mass is 16.6. The SMILES string of the molecule is Cc1cccc(COC(=O)N(C)CC#N)c1. The van der Waals surface area contributed by atoms with E-state index in [0.717, 1.165) is 11.1 Å². The lowest BCUT2D eigenvalue weighted by molar-refractivity contribution is 0.108. The Labute approximate surface area is 95.0 Å². The van der Waals surface area contributed by atoms with Gasteiger partial charge in [-0.25, -0.2) is 4.79 Å². The maximum absolute atomic E-state index is 11.3. The van der Waals surface area contributed by atoms with Gasteiger partial charge in [-0.05, 0) is 12.5 Å². The van der Waals surface area contributed by atoms with Gasteiger partial charge in [0.2, 0.25) is 0 Å². The summed E-state index contributed by atoms with van der Waals surface area (Å²) in [5.74, 6) is 0. The van der Waals surface area contributed by atoms with Gasteiger partial charge in [0.05, 0.1) is 6.07 Å². The molecule has 0 saturated heterocycles. The quantitative estimate of drug-likeness (QED) is 0.730. The molecule has 0 saturated carbocycles. The lowest BCUT2D eigenvalue weighted by Crippen LogP contribution is -2.27. The molecule has 0 aliphatic heterocycles. The van der Waals surface area contributed by atoms with Crippen LogP contribution < -0.4 is 0 Å². The molecule has 4 nitrogen and oxygen atoms in total. The van der Waals surface area contributed by atoms with Crippen LogP contribution in [0.4, 0.5) is 4.79 Å². The van der Waals surface area contributed by atoms with Crippen molar-refractivity contribution in [2.75, 3.05) is 13.6 Å². The van der Waals surface area contributed by atoms with Gasteiger partial charge in [0.25, 0.3) is 0 Å². The van der Waals surface area contributed by atoms with Gasteiger partial charge in [0, 0.05) is 7.05 Å². The summed E-state index contributed by atoms with van der Waals surface area (Å²) in [7, 11) is 1.53. The van der Waals surface area contributed by atoms with Gasteiger partial charge in [-0.2, -0.15) is 5.26 Å². The van der Waals surface area contributed by atoms with Crippen LogP contribution in [0.5, 0.6) is 0 Å². The predicted octanol–water partition coefficient (Wildman–Crippen LogP) is 2.09. The monoisotopic (exact) mass is 218 g/mol. The van der Waals surface area contributed by atoms with E-state index < -0.39 is 6.09 Å². The van der Waals surface area contributed by atoms with Gasteiger partial charge in [0.1, 0.15) is 13.2 Å². The third-order valence-corrected chi connectivity index (χ3v) is 2.06. The van der Waals surface area contributed by atoms with E-state index in [0.29, 0.717) is 0 Å². The molecule has 0 aliphatic rings. The number of amides is 1. The van der Waals surface area contributed by atoms with Gasteiger partial charge in [-0.1, -0.05) is 29.8 Å². The Morgan fingerprint density at radius 1 is 1.56 bits per heavy atom. The summed E-state index contributed by atoms with van der Waals surface area (Å²) >= 11 is 0. The third kappa shape index (κ3) is 3.62. The summed E-state index contributed by atoms with van der Waals surface area (Å²) in [6.45, 7) is 2.25. The first kappa shape index (κ1) is 12.1. The number of ether oxygens (including phenoxy) is 1. The minimum atomic E-state index is -0.483. The molecule has 84 valence electrons. The van der Waals surface area contributed by atoms with Crippen molar-refractivity contribution in [2.45, 2.75) is 13.5 Å². The molecule has 1 aromatic carbocycles. The van der Waals surface area contributed by atoms with Crippen molar-refractivity contribution in [3.8, 4) is 6.07 Å². The standard InChI is InChI=1S/C12H14N2O2/c1-10-4-3-5-11(8-10)9-16-12(15)14(2)7-6-13/h3-5,8H,7,9H2,1-2H3. The molecule has 0 aliphatic carbocycles. The van der Waals surface area contributed by atoms with E-state index in [1.54, 1.807) is 0 Å². The molecule has 1 amide bonds. The maximum Gasteiger partial charge on any atom is 0.410 e. The Bertz CT molecular complexity index is 410. The van der Waals surface area contributed by atoms with Crippen molar-refractivity contribution < 1.29 is 9.53 Å². The average molecular weight is 218 g/mol. The number of aryl methyl sites for hydroxylation is 1. The molecule has 1 aromatic rings. The summed E-state index contributed by atoms with van der Waals surface area (Å²) in [5, 5.41) is 8.41. The lowest BCUT2D eigenvalue weighted by atomic mass is 10.1. The Hall–Kier alpha value is -2.02. The normalized spacial score (nSPS) is 9.31. The maximum atomic E-state index is 11.3. The predicted molar refractivity (Wildman–Crippen MR) is 59.6 cm³/mol. The van der Waals surface area contributed by atoms with Crippen molar-refractivity contribution >= 4 is 6.09 Å². The first-order valence-corrected chi connectivity index (χ1v) is 4.94. The van der Waals surface area contributed by atoms with Crippen molar-refractivity contribution in [2.24, 2.45) is 0 Å². The summed E-state index contributed by atoms with van der Waals surface area (Å²) < 4.78 is 5.03. The molecule has 0 spiro atoms. The first-order valence-electron chi connectivity index (χ1n) is 4.94. The number of hydrogen-bond acceptors (Lipinski definition) is 3. The highest BCUT2D eigenvalue weighted by molar-refractivity contribution is 5.67. The van der Waals surface area contributed by atoms with E-state index >= 15 is 0 Å². The molecular formula is C12H14N2O2. The number of hydrogen-bond donors (Lipinski definition) is 0. The number of benzene rings is 1. The van der Waals surface area contributed by atoms with Crippen molar-refractivity contribution in [3.05, 3.63) is 35.4 Å². The molecule has 0 radical (unpaired) electrons. The second kappa shape index (κ2) is 5.76. The summed E-state index contributed by atoms with van der Waals surface area (Å²) in [5.41, 5.74) is 2.07. The lowest BCUT2D eigenvalue weighted by Gasteiger charge is -2.13. The molecule has 0 atom stereocenters. The minimum Gasteiger partial charge on any atom is -0.445 e. The third-order valence-electron chi connectivity index (χ3n) is 2.06. The van der Waals surface area contributed by atoms with Crippen LogP contribution in [0.3, 0.4) is 0 Å². The van der Waals surface area contributed by atoms with Crippen LogP contribution in [0, 0.1) is 18.3 Å². The fourth-order valence-corrected chi connectivity index (χ4v) is 1.23. The summed E-state index contributed by atoms with van der Waals surface area (Å²) in [4.78, 5) is 12.6. The van der Waals surface area contributed by atoms with Crippen LogP contribution in [0.1, 0.15) is 11.1 Å². The average Bonchev–Trinajstić information content (AvgIpc) is 2.26. The molecule has 0 heterocycles. The van der Waals surface area contributed by atoms with Crippen molar-refractivity contribution in [1.29, 1.82) is 5.26 Å². The van der Waals surface area contributed by atoms with Crippen LogP contribution >= 0.6 is 0 Å². The number of carbonyl (C=O) groups excluding carboxylic acids is 1. The molecule has 0 fully saturated rings. The molecule has 0 unspecified atom stereocenters. The van der Waals surface area contributed by atoms with Crippen LogP contribution in [-0.4, -0.2) is 24.6 Å². The number of nitriles is 1. The van der Waals surface area contributed by atoms with Crippen LogP contribution in [0.15, 0.2) is 24.3 Å². The number of rotatable bonds is 3. The van der Waals surface area contributed by atoms with Crippen molar-refractivity contribution in [1.82, 2.24) is 4.90 Å². The molecule has 0 bridgehead atoms. The number of carbonyl (C=O) groups is 1. The highest BCUT2D eigenvalue weighted by Crippen LogP contribution is 2.06. The second-order valence-corrected chi connectivity index (χ2v) is 3.56. The van der Waals surface area contributed by atoms with Gasteiger partial charge < -0.3 is 4.74 Å². The van der Waals surface area contributed by atoms with Crippen LogP contribution in [0.2, 0.25) is 0 Å². The van der Waals surface area contributed by atoms with E-state index in [4.69, 9.17) is 10.00 Å². The second-order valence-electron chi connectivity index (χ2n) is 3.56. The van der Waals surface area contributed by atoms with Gasteiger partial charge >= 0.3 is 6.09 Å². The fourth-order valence-electron chi connectivity index (χ4n) is 1.23. The zero-order chi connectivity index (χ0) is 12.0. The molecule has 16 heavy (non-hydrogen) atoms. The largest absolute Gasteiger partial charge is 0.445 e. The summed E-state index contributed by atoms with van der Waals surface area (Å²) in [6, 6.07) is 9.62. The zero-order valence-corrected chi connectivity index (χ0v) is 9.43. The van der Waals surface area contributed by atoms with E-state index in [2.05, 4.69) is 0 Å². The van der Waals surface area contributed by atoms with Crippen LogP contribution in [-0.2, 0) is 11.3 Å². The van der Waals surface area contributed by atoms with Crippen molar-refractivity contribution in [3.63, 3.8) is 0 Å². The van der Waals surface area contributed by atoms with E-state index in [1.807, 2.05) is 37.3 Å². The molecule has 4 heteroatoms. The highest BCUT2D eigenvalue weighted by Gasteiger charge is 2.08. The Morgan fingerprint density at radius 3 is 2.94 bits per heavy atom. The Kier molecular flexibility index (Phi) is 4.34. The Balaban J connectivity index is 2.46. The first-order chi connectivity index (χ1) is 7.63. The fraction of sp³-hybridized carbons (Fsp3) is 0.333. The Morgan fingerprint density at radius 2 is 2.31 bits per heavy atom. The topological polar surface area (TPSA) is 53.3 Å². The smallest absolute Gasteiger partial charge is 0.410 e. The molecule has 0 N–H and O–H groups in total. The van der Waals surface area contributed by atoms with Gasteiger partial charge in [-0.3, -0.25) is 4.90 Å². The summed E-state index contributed by atoms with van der Waals surface area (Å²) in [6.07, 6.45) is -0.483. The minimum absolute atomic E-state index is 0.0344. The van der Waals surface area contributed by atoms with Crippen LogP contribution in [0.25, 0.3) is 0 Å². The van der Waals surface area contributed by atoms with E-state index in [1.165, 1.54) is 11.9 Å². The number of nitrogens with zero attached hydrogens (tertiary/aromatic N) is 2. The molecular weight excluding hydrogens is 204 g/mol. The molecule has 1 rings (SSSR count).